The van der Waals surface area contributed by atoms with Gasteiger partial charge in [0.25, 0.3) is 0 Å². The number of rotatable bonds is 2. The zero-order valence-electron chi connectivity index (χ0n) is 10.6. The van der Waals surface area contributed by atoms with E-state index in [0.29, 0.717) is 0 Å². The maximum Gasteiger partial charge on any atom is 0.303 e. The fourth-order valence-electron chi connectivity index (χ4n) is 2.37. The summed E-state index contributed by atoms with van der Waals surface area (Å²) in [5.74, 6) is 0.480. The van der Waals surface area contributed by atoms with E-state index in [0.717, 1.165) is 16.9 Å². The summed E-state index contributed by atoms with van der Waals surface area (Å²) in [7, 11) is 0. The first-order valence-electron chi connectivity index (χ1n) is 6.23. The Kier molecular flexibility index (Phi) is 2.95. The van der Waals surface area contributed by atoms with Gasteiger partial charge < -0.3 is 9.47 Å². The lowest BCUT2D eigenvalue weighted by Gasteiger charge is -2.19. The second-order valence-corrected chi connectivity index (χ2v) is 4.52. The van der Waals surface area contributed by atoms with Crippen molar-refractivity contribution in [3.8, 4) is 5.75 Å². The highest BCUT2D eigenvalue weighted by atomic mass is 16.6. The molecule has 0 amide bonds. The largest absolute Gasteiger partial charge is 0.481 e. The van der Waals surface area contributed by atoms with E-state index in [1.54, 1.807) is 0 Å². The van der Waals surface area contributed by atoms with Crippen LogP contribution < -0.4 is 4.74 Å². The highest BCUT2D eigenvalue weighted by Crippen LogP contribution is 2.46. The zero-order chi connectivity index (χ0) is 13.2. The van der Waals surface area contributed by atoms with E-state index < -0.39 is 0 Å². The van der Waals surface area contributed by atoms with E-state index >= 15 is 0 Å². The van der Waals surface area contributed by atoms with Crippen LogP contribution in [0.2, 0.25) is 0 Å². The van der Waals surface area contributed by atoms with Crippen molar-refractivity contribution in [1.82, 2.24) is 0 Å². The van der Waals surface area contributed by atoms with Gasteiger partial charge in [-0.3, -0.25) is 4.79 Å². The molecule has 0 fully saturated rings. The highest BCUT2D eigenvalue weighted by Gasteiger charge is 2.37. The lowest BCUT2D eigenvalue weighted by Crippen LogP contribution is -2.15. The normalized spacial score (nSPS) is 20.5. The summed E-state index contributed by atoms with van der Waals surface area (Å²) in [4.78, 5) is 11.3. The van der Waals surface area contributed by atoms with Gasteiger partial charge in [-0.25, -0.2) is 0 Å². The van der Waals surface area contributed by atoms with Gasteiger partial charge >= 0.3 is 5.97 Å². The van der Waals surface area contributed by atoms with Gasteiger partial charge in [-0.2, -0.15) is 0 Å². The van der Waals surface area contributed by atoms with E-state index in [1.165, 1.54) is 6.92 Å². The van der Waals surface area contributed by atoms with Crippen LogP contribution in [0, 0.1) is 0 Å². The van der Waals surface area contributed by atoms with Gasteiger partial charge in [-0.15, -0.1) is 0 Å². The first-order chi connectivity index (χ1) is 9.25. The Labute approximate surface area is 111 Å². The number of hydrogen-bond donors (Lipinski definition) is 0. The summed E-state index contributed by atoms with van der Waals surface area (Å²) < 4.78 is 11.4. The van der Waals surface area contributed by atoms with Crippen LogP contribution in [0.25, 0.3) is 0 Å². The van der Waals surface area contributed by atoms with Crippen LogP contribution in [-0.4, -0.2) is 5.97 Å². The molecule has 0 aromatic heterocycles. The Hall–Kier alpha value is -2.29. The van der Waals surface area contributed by atoms with Crippen LogP contribution >= 0.6 is 0 Å². The molecule has 3 heteroatoms. The third-order valence-electron chi connectivity index (χ3n) is 3.18. The summed E-state index contributed by atoms with van der Waals surface area (Å²) in [6.07, 6.45) is -0.654. The van der Waals surface area contributed by atoms with Gasteiger partial charge in [0.15, 0.2) is 12.2 Å². The minimum absolute atomic E-state index is 0.275. The van der Waals surface area contributed by atoms with Crippen LogP contribution in [-0.2, 0) is 9.53 Å². The van der Waals surface area contributed by atoms with Crippen molar-refractivity contribution in [2.45, 2.75) is 19.1 Å². The summed E-state index contributed by atoms with van der Waals surface area (Å²) in [6.45, 7) is 1.42. The molecule has 0 saturated heterocycles. The number of benzene rings is 2. The number of fused-ring (bicyclic) bond motifs is 1. The second-order valence-electron chi connectivity index (χ2n) is 4.52. The van der Waals surface area contributed by atoms with Gasteiger partial charge in [0.2, 0.25) is 0 Å². The van der Waals surface area contributed by atoms with E-state index in [1.807, 2.05) is 54.6 Å². The lowest BCUT2D eigenvalue weighted by molar-refractivity contribution is -0.150. The van der Waals surface area contributed by atoms with Crippen molar-refractivity contribution in [1.29, 1.82) is 0 Å². The number of ether oxygens (including phenoxy) is 2. The van der Waals surface area contributed by atoms with Crippen LogP contribution in [0.4, 0.5) is 0 Å². The van der Waals surface area contributed by atoms with Crippen molar-refractivity contribution >= 4 is 5.97 Å². The van der Waals surface area contributed by atoms with Crippen molar-refractivity contribution in [2.75, 3.05) is 0 Å². The monoisotopic (exact) mass is 254 g/mol. The number of carbonyl (C=O) groups excluding carboxylic acids is 1. The van der Waals surface area contributed by atoms with Gasteiger partial charge in [0.05, 0.1) is 0 Å². The Morgan fingerprint density at radius 1 is 1.05 bits per heavy atom. The summed E-state index contributed by atoms with van der Waals surface area (Å²) in [5.41, 5.74) is 1.93. The minimum atomic E-state index is -0.379. The standard InChI is InChI=1S/C16H14O3/c1-11(17)18-16-13-9-5-6-10-14(13)19-15(16)12-7-3-2-4-8-12/h2-10,15-16H,1H3/t15-,16+/m0/s1. The maximum atomic E-state index is 11.3. The molecule has 2 atom stereocenters. The fraction of sp³-hybridized carbons (Fsp3) is 0.188. The molecule has 0 aliphatic carbocycles. The van der Waals surface area contributed by atoms with Crippen LogP contribution in [0.15, 0.2) is 54.6 Å². The van der Waals surface area contributed by atoms with Crippen LogP contribution in [0.5, 0.6) is 5.75 Å². The first kappa shape index (κ1) is 11.8. The van der Waals surface area contributed by atoms with Crippen molar-refractivity contribution in [3.05, 3.63) is 65.7 Å². The average Bonchev–Trinajstić information content (AvgIpc) is 2.78. The summed E-state index contributed by atoms with van der Waals surface area (Å²) in [5, 5.41) is 0. The molecule has 2 aromatic carbocycles. The number of esters is 1. The molecule has 1 aliphatic rings. The van der Waals surface area contributed by atoms with Crippen molar-refractivity contribution in [2.24, 2.45) is 0 Å². The maximum absolute atomic E-state index is 11.3. The molecule has 3 rings (SSSR count). The van der Waals surface area contributed by atoms with Gasteiger partial charge in [-0.05, 0) is 11.6 Å². The molecule has 0 spiro atoms. The molecule has 0 N–H and O–H groups in total. The number of para-hydroxylation sites is 1. The minimum Gasteiger partial charge on any atom is -0.481 e. The van der Waals surface area contributed by atoms with E-state index in [-0.39, 0.29) is 18.2 Å². The highest BCUT2D eigenvalue weighted by molar-refractivity contribution is 5.67. The molecule has 96 valence electrons. The average molecular weight is 254 g/mol. The first-order valence-corrected chi connectivity index (χ1v) is 6.23. The molecule has 2 aromatic rings. The SMILES string of the molecule is CC(=O)O[C@@H]1c2ccccc2O[C@H]1c1ccccc1. The quantitative estimate of drug-likeness (QED) is 0.770. The lowest BCUT2D eigenvalue weighted by atomic mass is 10.0. The van der Waals surface area contributed by atoms with Gasteiger partial charge in [0, 0.05) is 12.5 Å². The predicted octanol–water partition coefficient (Wildman–Crippen LogP) is 3.42. The Morgan fingerprint density at radius 3 is 2.47 bits per heavy atom. The van der Waals surface area contributed by atoms with Crippen molar-refractivity contribution < 1.29 is 14.3 Å². The molecule has 0 bridgehead atoms. The fourth-order valence-corrected chi connectivity index (χ4v) is 2.37. The van der Waals surface area contributed by atoms with Crippen LogP contribution in [0.3, 0.4) is 0 Å². The molecule has 19 heavy (non-hydrogen) atoms. The zero-order valence-corrected chi connectivity index (χ0v) is 10.6. The van der Waals surface area contributed by atoms with E-state index in [9.17, 15) is 4.79 Å². The smallest absolute Gasteiger partial charge is 0.303 e. The van der Waals surface area contributed by atoms with Gasteiger partial charge in [0.1, 0.15) is 5.75 Å². The molecular formula is C16H14O3. The van der Waals surface area contributed by atoms with E-state index in [4.69, 9.17) is 9.47 Å². The molecular weight excluding hydrogens is 240 g/mol. The Morgan fingerprint density at radius 2 is 1.74 bits per heavy atom. The van der Waals surface area contributed by atoms with Crippen LogP contribution in [0.1, 0.15) is 30.3 Å². The number of carbonyl (C=O) groups is 1. The molecule has 0 unspecified atom stereocenters. The molecule has 3 nitrogen and oxygen atoms in total. The Balaban J connectivity index is 2.00. The van der Waals surface area contributed by atoms with Gasteiger partial charge in [-0.1, -0.05) is 48.5 Å². The predicted molar refractivity (Wildman–Crippen MR) is 70.8 cm³/mol. The topological polar surface area (TPSA) is 35.5 Å². The second kappa shape index (κ2) is 4.76. The molecule has 0 saturated carbocycles. The van der Waals surface area contributed by atoms with E-state index in [2.05, 4.69) is 0 Å². The molecule has 1 heterocycles. The molecule has 0 radical (unpaired) electrons. The Bertz CT molecular complexity index is 592. The third kappa shape index (κ3) is 2.19. The molecule has 1 aliphatic heterocycles. The number of hydrogen-bond acceptors (Lipinski definition) is 3. The van der Waals surface area contributed by atoms with Crippen molar-refractivity contribution in [3.63, 3.8) is 0 Å². The third-order valence-corrected chi connectivity index (χ3v) is 3.18. The summed E-state index contributed by atoms with van der Waals surface area (Å²) >= 11 is 0. The summed E-state index contributed by atoms with van der Waals surface area (Å²) in [6, 6.07) is 17.5.